The molecule has 2 aliphatic rings. The Balaban J connectivity index is 1.27. The lowest BCUT2D eigenvalue weighted by Crippen LogP contribution is -2.51. The third kappa shape index (κ3) is 9.67. The number of carbonyl (C=O) groups excluding carboxylic acids is 3. The number of carboxylic acids is 1. The van der Waals surface area contributed by atoms with Crippen molar-refractivity contribution >= 4 is 29.7 Å². The molecule has 0 bridgehead atoms. The maximum absolute atomic E-state index is 13.0. The number of carboxylic acid groups (broad SMARTS) is 1. The summed E-state index contributed by atoms with van der Waals surface area (Å²) in [4.78, 5) is 55.9. The molecule has 1 aromatic carbocycles. The fourth-order valence-electron chi connectivity index (χ4n) is 5.55. The Hall–Kier alpha value is -4.19. The maximum atomic E-state index is 13.0. The number of benzene rings is 1. The van der Waals surface area contributed by atoms with Crippen LogP contribution in [-0.2, 0) is 30.5 Å². The summed E-state index contributed by atoms with van der Waals surface area (Å²) in [6.45, 7) is 2.18. The first-order valence-corrected chi connectivity index (χ1v) is 14.8. The molecule has 1 aliphatic heterocycles. The lowest BCUT2D eigenvalue weighted by Gasteiger charge is -2.28. The average Bonchev–Trinajstić information content (AvgIpc) is 3.44. The minimum absolute atomic E-state index is 0.130. The highest BCUT2D eigenvalue weighted by Gasteiger charge is 2.37. The first-order chi connectivity index (χ1) is 20.8. The molecule has 4 rings (SSSR count). The van der Waals surface area contributed by atoms with E-state index >= 15 is 0 Å². The number of aromatic nitrogens is 1. The summed E-state index contributed by atoms with van der Waals surface area (Å²) in [5.74, 6) is -1.39. The van der Waals surface area contributed by atoms with Crippen LogP contribution in [0.5, 0.6) is 0 Å². The number of nitrogens with one attached hydrogen (secondary N) is 3. The van der Waals surface area contributed by atoms with Crippen molar-refractivity contribution in [1.82, 2.24) is 20.5 Å². The number of hydrogen-bond acceptors (Lipinski definition) is 8. The average molecular weight is 596 g/mol. The molecule has 0 spiro atoms. The van der Waals surface area contributed by atoms with E-state index in [9.17, 15) is 24.3 Å². The Bertz CT molecular complexity index is 1220. The van der Waals surface area contributed by atoms with Gasteiger partial charge in [0.15, 0.2) is 0 Å². The lowest BCUT2D eigenvalue weighted by atomic mass is 9.80. The van der Waals surface area contributed by atoms with Gasteiger partial charge in [-0.15, -0.1) is 0 Å². The summed E-state index contributed by atoms with van der Waals surface area (Å²) in [6, 6.07) is 13.4. The smallest absolute Gasteiger partial charge is 0.410 e. The summed E-state index contributed by atoms with van der Waals surface area (Å²) in [7, 11) is 0. The SMILES string of the molecule is CC1CCCCC1C(=O)N[C@@H](CNC(=O)CO[C@@H]1C[C@@H](CNc2ccccn2)N(C(=O)OCc2ccccc2)C1)C(=O)O. The molecule has 5 atom stereocenters. The number of ether oxygens (including phenoxy) is 2. The van der Waals surface area contributed by atoms with Crippen LogP contribution in [0.3, 0.4) is 0 Å². The second kappa shape index (κ2) is 15.9. The molecule has 1 aliphatic carbocycles. The highest BCUT2D eigenvalue weighted by atomic mass is 16.6. The van der Waals surface area contributed by atoms with Crippen LogP contribution in [0.15, 0.2) is 54.7 Å². The van der Waals surface area contributed by atoms with Crippen molar-refractivity contribution in [3.05, 3.63) is 60.3 Å². The predicted octanol–water partition coefficient (Wildman–Crippen LogP) is 2.80. The van der Waals surface area contributed by atoms with Crippen molar-refractivity contribution < 1.29 is 33.8 Å². The van der Waals surface area contributed by atoms with Crippen molar-refractivity contribution in [2.45, 2.75) is 63.8 Å². The van der Waals surface area contributed by atoms with E-state index in [1.54, 1.807) is 11.1 Å². The van der Waals surface area contributed by atoms with Gasteiger partial charge in [0.2, 0.25) is 11.8 Å². The van der Waals surface area contributed by atoms with Crippen LogP contribution in [0.1, 0.15) is 44.6 Å². The third-order valence-electron chi connectivity index (χ3n) is 8.02. The van der Waals surface area contributed by atoms with Gasteiger partial charge in [0.25, 0.3) is 0 Å². The first-order valence-electron chi connectivity index (χ1n) is 14.8. The third-order valence-corrected chi connectivity index (χ3v) is 8.02. The Morgan fingerprint density at radius 1 is 1.07 bits per heavy atom. The molecule has 4 N–H and O–H groups in total. The Morgan fingerprint density at radius 2 is 1.84 bits per heavy atom. The van der Waals surface area contributed by atoms with Gasteiger partial charge in [0.1, 0.15) is 25.1 Å². The number of anilines is 1. The van der Waals surface area contributed by atoms with Crippen molar-refractivity contribution in [1.29, 1.82) is 0 Å². The van der Waals surface area contributed by atoms with Gasteiger partial charge in [-0.05, 0) is 42.9 Å². The van der Waals surface area contributed by atoms with Gasteiger partial charge < -0.3 is 35.4 Å². The zero-order valence-electron chi connectivity index (χ0n) is 24.4. The Kier molecular flexibility index (Phi) is 11.7. The number of nitrogens with zero attached hydrogens (tertiary/aromatic N) is 2. The van der Waals surface area contributed by atoms with E-state index in [-0.39, 0.29) is 50.1 Å². The quantitative estimate of drug-likeness (QED) is 0.273. The molecule has 1 aromatic heterocycles. The molecular weight excluding hydrogens is 554 g/mol. The van der Waals surface area contributed by atoms with Gasteiger partial charge in [-0.1, -0.05) is 56.2 Å². The molecule has 2 aromatic rings. The molecule has 3 amide bonds. The van der Waals surface area contributed by atoms with E-state index < -0.39 is 30.1 Å². The van der Waals surface area contributed by atoms with Crippen LogP contribution in [-0.4, -0.2) is 83.3 Å². The number of amides is 3. The van der Waals surface area contributed by atoms with Crippen molar-refractivity contribution in [2.75, 3.05) is 31.6 Å². The minimum atomic E-state index is -1.24. The summed E-state index contributed by atoms with van der Waals surface area (Å²) in [6.07, 6.45) is 4.89. The van der Waals surface area contributed by atoms with Gasteiger partial charge in [0, 0.05) is 25.2 Å². The number of aliphatic carboxylic acids is 1. The van der Waals surface area contributed by atoms with Crippen LogP contribution in [0.2, 0.25) is 0 Å². The summed E-state index contributed by atoms with van der Waals surface area (Å²) in [5, 5.41) is 18.0. The molecule has 1 saturated heterocycles. The molecule has 43 heavy (non-hydrogen) atoms. The zero-order valence-corrected chi connectivity index (χ0v) is 24.4. The molecule has 1 saturated carbocycles. The van der Waals surface area contributed by atoms with Gasteiger partial charge in [-0.3, -0.25) is 9.59 Å². The molecule has 2 heterocycles. The number of likely N-dealkylation sites (tertiary alicyclic amines) is 1. The van der Waals surface area contributed by atoms with E-state index in [0.29, 0.717) is 18.8 Å². The Labute approximate surface area is 251 Å². The van der Waals surface area contributed by atoms with Crippen LogP contribution >= 0.6 is 0 Å². The topological polar surface area (TPSA) is 159 Å². The molecule has 0 radical (unpaired) electrons. The van der Waals surface area contributed by atoms with Gasteiger partial charge in [0.05, 0.1) is 18.7 Å². The van der Waals surface area contributed by atoms with Crippen molar-refractivity contribution in [3.8, 4) is 0 Å². The fraction of sp³-hybridized carbons (Fsp3) is 0.516. The molecular formula is C31H41N5O7. The molecule has 2 unspecified atom stereocenters. The number of pyridine rings is 1. The normalized spacial score (nSPS) is 22.3. The van der Waals surface area contributed by atoms with Crippen LogP contribution in [0, 0.1) is 11.8 Å². The standard InChI is InChI=1S/C31H41N5O7/c1-21-9-5-6-12-25(21)29(38)35-26(30(39)40)17-34-28(37)20-42-24-15-23(16-33-27-13-7-8-14-32-27)36(18-24)31(41)43-19-22-10-3-2-4-11-22/h2-4,7-8,10-11,13-14,21,23-26H,5-6,9,12,15-20H2,1H3,(H,32,33)(H,34,37)(H,35,38)(H,39,40)/t21?,23-,24+,25?,26-/m0/s1. The number of rotatable bonds is 13. The minimum Gasteiger partial charge on any atom is -0.480 e. The van der Waals surface area contributed by atoms with Crippen LogP contribution < -0.4 is 16.0 Å². The lowest BCUT2D eigenvalue weighted by molar-refractivity contribution is -0.143. The second-order valence-corrected chi connectivity index (χ2v) is 11.2. The fourth-order valence-corrected chi connectivity index (χ4v) is 5.55. The van der Waals surface area contributed by atoms with Crippen molar-refractivity contribution in [2.24, 2.45) is 11.8 Å². The molecule has 2 fully saturated rings. The van der Waals surface area contributed by atoms with Gasteiger partial charge >= 0.3 is 12.1 Å². The van der Waals surface area contributed by atoms with Gasteiger partial charge in [-0.25, -0.2) is 14.6 Å². The highest BCUT2D eigenvalue weighted by Crippen LogP contribution is 2.29. The Morgan fingerprint density at radius 3 is 2.56 bits per heavy atom. The van der Waals surface area contributed by atoms with E-state index in [0.717, 1.165) is 31.2 Å². The van der Waals surface area contributed by atoms with Gasteiger partial charge in [-0.2, -0.15) is 0 Å². The van der Waals surface area contributed by atoms with Crippen LogP contribution in [0.4, 0.5) is 10.6 Å². The van der Waals surface area contributed by atoms with Crippen LogP contribution in [0.25, 0.3) is 0 Å². The van der Waals surface area contributed by atoms with E-state index in [1.165, 1.54) is 0 Å². The highest BCUT2D eigenvalue weighted by molar-refractivity contribution is 5.86. The molecule has 12 heteroatoms. The van der Waals surface area contributed by atoms with E-state index in [2.05, 4.69) is 20.9 Å². The summed E-state index contributed by atoms with van der Waals surface area (Å²) < 4.78 is 11.4. The summed E-state index contributed by atoms with van der Waals surface area (Å²) >= 11 is 0. The largest absolute Gasteiger partial charge is 0.480 e. The second-order valence-electron chi connectivity index (χ2n) is 11.2. The number of carbonyl (C=O) groups is 4. The molecule has 12 nitrogen and oxygen atoms in total. The maximum Gasteiger partial charge on any atom is 0.410 e. The summed E-state index contributed by atoms with van der Waals surface area (Å²) in [5.41, 5.74) is 0.867. The molecule has 232 valence electrons. The van der Waals surface area contributed by atoms with E-state index in [4.69, 9.17) is 9.47 Å². The predicted molar refractivity (Wildman–Crippen MR) is 158 cm³/mol. The zero-order chi connectivity index (χ0) is 30.6. The van der Waals surface area contributed by atoms with E-state index in [1.807, 2.05) is 55.5 Å². The number of hydrogen-bond donors (Lipinski definition) is 4. The van der Waals surface area contributed by atoms with Crippen molar-refractivity contribution in [3.63, 3.8) is 0 Å². The first kappa shape index (κ1) is 31.7. The monoisotopic (exact) mass is 595 g/mol.